The van der Waals surface area contributed by atoms with Crippen LogP contribution in [0.5, 0.6) is 0 Å². The Morgan fingerprint density at radius 2 is 0.754 bits per heavy atom. The van der Waals surface area contributed by atoms with E-state index in [1.165, 1.54) is 103 Å². The molecule has 2 aliphatic rings. The van der Waals surface area contributed by atoms with Gasteiger partial charge in [-0.2, -0.15) is 0 Å². The molecule has 1 saturated carbocycles. The van der Waals surface area contributed by atoms with Crippen LogP contribution in [-0.4, -0.2) is 0 Å². The predicted octanol–water partition coefficient (Wildman–Crippen LogP) is 15.6. The van der Waals surface area contributed by atoms with E-state index in [0.29, 0.717) is 0 Å². The third kappa shape index (κ3) is 4.20. The Labute approximate surface area is 329 Å². The summed E-state index contributed by atoms with van der Waals surface area (Å²) < 4.78 is 12.9. The van der Waals surface area contributed by atoms with Gasteiger partial charge in [0.15, 0.2) is 0 Å². The lowest BCUT2D eigenvalue weighted by molar-refractivity contribution is 0.550. The maximum absolute atomic E-state index is 6.46. The van der Waals surface area contributed by atoms with Crippen molar-refractivity contribution in [3.8, 4) is 44.5 Å². The number of para-hydroxylation sites is 2. The molecule has 2 heterocycles. The van der Waals surface area contributed by atoms with Crippen LogP contribution in [0, 0.1) is 0 Å². The molecule has 0 N–H and O–H groups in total. The predicted molar refractivity (Wildman–Crippen MR) is 237 cm³/mol. The molecule has 2 aliphatic carbocycles. The fourth-order valence-electron chi connectivity index (χ4n) is 11.2. The molecule has 57 heavy (non-hydrogen) atoms. The van der Waals surface area contributed by atoms with Gasteiger partial charge in [-0.05, 0) is 120 Å². The van der Waals surface area contributed by atoms with E-state index in [1.807, 2.05) is 0 Å². The molecule has 0 bridgehead atoms. The highest BCUT2D eigenvalue weighted by Gasteiger charge is 2.45. The number of benzene rings is 9. The molecule has 2 nitrogen and oxygen atoms in total. The number of fused-ring (bicyclic) bond motifs is 13. The number of hydrogen-bond acceptors (Lipinski definition) is 2. The Bertz CT molecular complexity index is 3310. The van der Waals surface area contributed by atoms with Crippen LogP contribution in [0.3, 0.4) is 0 Å². The molecule has 2 aromatic heterocycles. The molecule has 0 atom stereocenters. The first-order chi connectivity index (χ1) is 28.3. The summed E-state index contributed by atoms with van der Waals surface area (Å²) in [5, 5.41) is 9.56. The van der Waals surface area contributed by atoms with Gasteiger partial charge in [-0.1, -0.05) is 152 Å². The van der Waals surface area contributed by atoms with Crippen LogP contribution in [-0.2, 0) is 5.41 Å². The maximum Gasteiger partial charge on any atom is 0.136 e. The molecule has 2 heteroatoms. The molecule has 0 aliphatic heterocycles. The van der Waals surface area contributed by atoms with Gasteiger partial charge in [0.2, 0.25) is 0 Å². The first-order valence-electron chi connectivity index (χ1n) is 20.3. The van der Waals surface area contributed by atoms with Crippen LogP contribution in [0.2, 0.25) is 0 Å². The number of furan rings is 2. The third-order valence-corrected chi connectivity index (χ3v) is 13.4. The summed E-state index contributed by atoms with van der Waals surface area (Å²) in [6.07, 6.45) is 4.95. The molecular formula is C55H36O2. The molecular weight excluding hydrogens is 693 g/mol. The molecule has 9 aromatic carbocycles. The van der Waals surface area contributed by atoms with E-state index in [9.17, 15) is 0 Å². The number of rotatable bonds is 3. The second kappa shape index (κ2) is 11.6. The highest BCUT2D eigenvalue weighted by molar-refractivity contribution is 6.24. The molecule has 1 spiro atoms. The highest BCUT2D eigenvalue weighted by Crippen LogP contribution is 2.60. The van der Waals surface area contributed by atoms with Gasteiger partial charge in [0.1, 0.15) is 22.3 Å². The Kier molecular flexibility index (Phi) is 6.36. The van der Waals surface area contributed by atoms with Gasteiger partial charge in [0, 0.05) is 27.0 Å². The van der Waals surface area contributed by atoms with E-state index in [4.69, 9.17) is 8.83 Å². The van der Waals surface area contributed by atoms with E-state index < -0.39 is 0 Å². The van der Waals surface area contributed by atoms with Crippen molar-refractivity contribution in [3.63, 3.8) is 0 Å². The van der Waals surface area contributed by atoms with Crippen LogP contribution in [0.4, 0.5) is 0 Å². The van der Waals surface area contributed by atoms with E-state index in [1.54, 1.807) is 0 Å². The van der Waals surface area contributed by atoms with Crippen molar-refractivity contribution in [2.75, 3.05) is 0 Å². The van der Waals surface area contributed by atoms with Crippen LogP contribution in [0.25, 0.3) is 110 Å². The second-order valence-electron chi connectivity index (χ2n) is 16.2. The van der Waals surface area contributed by atoms with Crippen molar-refractivity contribution in [1.29, 1.82) is 0 Å². The molecule has 11 aromatic rings. The minimum absolute atomic E-state index is 0.0780. The fraction of sp³-hybridized carbons (Fsp3) is 0.0909. The minimum Gasteiger partial charge on any atom is -0.456 e. The Balaban J connectivity index is 1.20. The summed E-state index contributed by atoms with van der Waals surface area (Å²) in [5.74, 6) is 0. The van der Waals surface area contributed by atoms with Gasteiger partial charge in [0.25, 0.3) is 0 Å². The molecule has 0 unspecified atom stereocenters. The Morgan fingerprint density at radius 1 is 0.316 bits per heavy atom. The summed E-state index contributed by atoms with van der Waals surface area (Å²) >= 11 is 0. The molecule has 268 valence electrons. The average molecular weight is 729 g/mol. The Morgan fingerprint density at radius 3 is 1.39 bits per heavy atom. The lowest BCUT2D eigenvalue weighted by Crippen LogP contribution is -2.20. The van der Waals surface area contributed by atoms with E-state index in [0.717, 1.165) is 43.9 Å². The SMILES string of the molecule is c1ccc2c(c1)-c1c(-c3c4cccc(-c5cccc6oc7ccccc7c56)c4cc4c(-c5cccc6oc7ccccc7c56)cccc34)cccc1C21CCCC1. The normalized spacial score (nSPS) is 14.5. The summed E-state index contributed by atoms with van der Waals surface area (Å²) in [5.41, 5.74) is 16.9. The number of hydrogen-bond donors (Lipinski definition) is 0. The molecule has 0 saturated heterocycles. The Hall–Kier alpha value is -6.90. The van der Waals surface area contributed by atoms with Crippen LogP contribution in [0.15, 0.2) is 179 Å². The van der Waals surface area contributed by atoms with Gasteiger partial charge in [-0.15, -0.1) is 0 Å². The maximum atomic E-state index is 6.46. The van der Waals surface area contributed by atoms with Crippen molar-refractivity contribution >= 4 is 65.4 Å². The van der Waals surface area contributed by atoms with E-state index in [2.05, 4.69) is 170 Å². The first kappa shape index (κ1) is 31.3. The topological polar surface area (TPSA) is 26.3 Å². The minimum atomic E-state index is 0.0780. The van der Waals surface area contributed by atoms with Crippen LogP contribution < -0.4 is 0 Å². The summed E-state index contributed by atoms with van der Waals surface area (Å²) in [7, 11) is 0. The lowest BCUT2D eigenvalue weighted by Gasteiger charge is -2.27. The monoisotopic (exact) mass is 728 g/mol. The smallest absolute Gasteiger partial charge is 0.136 e. The first-order valence-corrected chi connectivity index (χ1v) is 20.3. The molecule has 0 amide bonds. The zero-order valence-corrected chi connectivity index (χ0v) is 31.3. The largest absolute Gasteiger partial charge is 0.456 e. The van der Waals surface area contributed by atoms with E-state index >= 15 is 0 Å². The van der Waals surface area contributed by atoms with Crippen LogP contribution >= 0.6 is 0 Å². The molecule has 1 fully saturated rings. The van der Waals surface area contributed by atoms with Gasteiger partial charge in [-0.25, -0.2) is 0 Å². The van der Waals surface area contributed by atoms with Crippen molar-refractivity contribution in [1.82, 2.24) is 0 Å². The highest BCUT2D eigenvalue weighted by atomic mass is 16.3. The van der Waals surface area contributed by atoms with Gasteiger partial charge in [0.05, 0.1) is 0 Å². The van der Waals surface area contributed by atoms with Gasteiger partial charge >= 0.3 is 0 Å². The summed E-state index contributed by atoms with van der Waals surface area (Å²) in [6, 6.07) is 62.6. The lowest BCUT2D eigenvalue weighted by atomic mass is 9.76. The van der Waals surface area contributed by atoms with Crippen molar-refractivity contribution < 1.29 is 8.83 Å². The second-order valence-corrected chi connectivity index (χ2v) is 16.2. The quantitative estimate of drug-likeness (QED) is 0.169. The van der Waals surface area contributed by atoms with Gasteiger partial charge in [-0.3, -0.25) is 0 Å². The zero-order valence-electron chi connectivity index (χ0n) is 31.3. The summed E-state index contributed by atoms with van der Waals surface area (Å²) in [6.45, 7) is 0. The standard InChI is InChI=1S/C55H36O2/c1-4-24-45-39(14-1)52-42(23-11-25-46(52)55(45)30-7-8-31-55)51-37-19-9-17-33(35-21-12-28-49-53(35)40-15-2-5-26-47(40)56-49)43(37)32-44-34(18-10-20-38(44)51)36-22-13-29-50-54(36)41-16-3-6-27-48(41)57-50/h1-6,9-29,32H,7-8,30-31H2. The molecule has 0 radical (unpaired) electrons. The van der Waals surface area contributed by atoms with Crippen molar-refractivity contribution in [2.45, 2.75) is 31.1 Å². The third-order valence-electron chi connectivity index (χ3n) is 13.4. The van der Waals surface area contributed by atoms with Crippen molar-refractivity contribution in [3.05, 3.63) is 181 Å². The average Bonchev–Trinajstić information content (AvgIpc) is 4.06. The summed E-state index contributed by atoms with van der Waals surface area (Å²) in [4.78, 5) is 0. The zero-order chi connectivity index (χ0) is 37.2. The fourth-order valence-corrected chi connectivity index (χ4v) is 11.2. The van der Waals surface area contributed by atoms with E-state index in [-0.39, 0.29) is 5.41 Å². The van der Waals surface area contributed by atoms with Crippen LogP contribution in [0.1, 0.15) is 36.8 Å². The van der Waals surface area contributed by atoms with Gasteiger partial charge < -0.3 is 8.83 Å². The molecule has 13 rings (SSSR count). The van der Waals surface area contributed by atoms with Crippen molar-refractivity contribution in [2.24, 2.45) is 0 Å².